The molecule has 2 rings (SSSR count). The van der Waals surface area contributed by atoms with Crippen LogP contribution in [0, 0.1) is 0 Å². The van der Waals surface area contributed by atoms with Gasteiger partial charge in [0.2, 0.25) is 0 Å². The highest BCUT2D eigenvalue weighted by Gasteiger charge is 2.22. The topological polar surface area (TPSA) is 84.9 Å². The molecule has 0 bridgehead atoms. The lowest BCUT2D eigenvalue weighted by Gasteiger charge is -2.19. The quantitative estimate of drug-likeness (QED) is 0.646. The standard InChI is InChI=1S/C16H20N2O5S/c1-22-14(19)11-23-13-5-3-12(4-6-13)17-15(20)16(21)18-7-2-9-24-10-8-18/h3-6H,2,7-11H2,1H3,(H,17,20). The van der Waals surface area contributed by atoms with Crippen molar-refractivity contribution in [2.24, 2.45) is 0 Å². The van der Waals surface area contributed by atoms with Crippen molar-refractivity contribution in [3.05, 3.63) is 24.3 Å². The predicted molar refractivity (Wildman–Crippen MR) is 91.1 cm³/mol. The molecular formula is C16H20N2O5S. The Bertz CT molecular complexity index is 583. The van der Waals surface area contributed by atoms with Crippen LogP contribution in [0.5, 0.6) is 5.75 Å². The summed E-state index contributed by atoms with van der Waals surface area (Å²) in [4.78, 5) is 36.8. The molecule has 8 heteroatoms. The van der Waals surface area contributed by atoms with Crippen molar-refractivity contribution >= 4 is 35.2 Å². The lowest BCUT2D eigenvalue weighted by Crippen LogP contribution is -2.40. The van der Waals surface area contributed by atoms with Gasteiger partial charge in [0, 0.05) is 24.5 Å². The summed E-state index contributed by atoms with van der Waals surface area (Å²) in [7, 11) is 1.28. The van der Waals surface area contributed by atoms with Crippen LogP contribution < -0.4 is 10.1 Å². The summed E-state index contributed by atoms with van der Waals surface area (Å²) in [5.74, 6) is 0.695. The van der Waals surface area contributed by atoms with E-state index in [1.165, 1.54) is 7.11 Å². The van der Waals surface area contributed by atoms with Crippen LogP contribution in [0.25, 0.3) is 0 Å². The molecule has 1 aliphatic rings. The maximum Gasteiger partial charge on any atom is 0.343 e. The van der Waals surface area contributed by atoms with E-state index in [9.17, 15) is 14.4 Å². The van der Waals surface area contributed by atoms with E-state index in [0.717, 1.165) is 17.9 Å². The van der Waals surface area contributed by atoms with Gasteiger partial charge in [0.15, 0.2) is 6.61 Å². The second-order valence-corrected chi connectivity index (χ2v) is 6.33. The van der Waals surface area contributed by atoms with Crippen molar-refractivity contribution in [3.63, 3.8) is 0 Å². The maximum atomic E-state index is 12.2. The molecule has 24 heavy (non-hydrogen) atoms. The Morgan fingerprint density at radius 2 is 1.92 bits per heavy atom. The second-order valence-electron chi connectivity index (χ2n) is 5.10. The molecule has 1 fully saturated rings. The highest BCUT2D eigenvalue weighted by atomic mass is 32.2. The van der Waals surface area contributed by atoms with Gasteiger partial charge in [-0.15, -0.1) is 0 Å². The minimum atomic E-state index is -0.648. The second kappa shape index (κ2) is 9.17. The number of methoxy groups -OCH3 is 1. The Morgan fingerprint density at radius 3 is 2.62 bits per heavy atom. The molecule has 1 aliphatic heterocycles. The lowest BCUT2D eigenvalue weighted by molar-refractivity contribution is -0.143. The molecule has 0 aliphatic carbocycles. The highest BCUT2D eigenvalue weighted by Crippen LogP contribution is 2.16. The third-order valence-electron chi connectivity index (χ3n) is 3.40. The van der Waals surface area contributed by atoms with E-state index < -0.39 is 17.8 Å². The van der Waals surface area contributed by atoms with Crippen molar-refractivity contribution in [2.45, 2.75) is 6.42 Å². The fourth-order valence-corrected chi connectivity index (χ4v) is 3.00. The first-order chi connectivity index (χ1) is 11.6. The van der Waals surface area contributed by atoms with Gasteiger partial charge in [0.1, 0.15) is 5.75 Å². The summed E-state index contributed by atoms with van der Waals surface area (Å²) in [6.07, 6.45) is 0.899. The Kier molecular flexibility index (Phi) is 6.92. The van der Waals surface area contributed by atoms with Gasteiger partial charge in [-0.05, 0) is 36.4 Å². The average molecular weight is 352 g/mol. The Labute approximate surface area is 144 Å². The summed E-state index contributed by atoms with van der Waals surface area (Å²) in [5, 5.41) is 2.58. The van der Waals surface area contributed by atoms with Crippen LogP contribution in [0.4, 0.5) is 5.69 Å². The molecule has 1 N–H and O–H groups in total. The zero-order chi connectivity index (χ0) is 17.4. The third-order valence-corrected chi connectivity index (χ3v) is 4.45. The molecule has 1 heterocycles. The van der Waals surface area contributed by atoms with Gasteiger partial charge < -0.3 is 19.7 Å². The van der Waals surface area contributed by atoms with Crippen molar-refractivity contribution in [1.82, 2.24) is 4.90 Å². The van der Waals surface area contributed by atoms with Gasteiger partial charge in [0.25, 0.3) is 0 Å². The number of hydrogen-bond donors (Lipinski definition) is 1. The largest absolute Gasteiger partial charge is 0.482 e. The molecule has 0 aromatic heterocycles. The van der Waals surface area contributed by atoms with E-state index in [1.807, 2.05) is 0 Å². The first-order valence-electron chi connectivity index (χ1n) is 7.58. The molecule has 0 unspecified atom stereocenters. The first-order valence-corrected chi connectivity index (χ1v) is 8.73. The van der Waals surface area contributed by atoms with Crippen LogP contribution in [0.2, 0.25) is 0 Å². The van der Waals surface area contributed by atoms with E-state index in [1.54, 1.807) is 40.9 Å². The summed E-state index contributed by atoms with van der Waals surface area (Å²) in [6, 6.07) is 6.42. The van der Waals surface area contributed by atoms with E-state index in [-0.39, 0.29) is 6.61 Å². The fraction of sp³-hybridized carbons (Fsp3) is 0.438. The van der Waals surface area contributed by atoms with E-state index in [2.05, 4.69) is 10.1 Å². The lowest BCUT2D eigenvalue weighted by atomic mass is 10.3. The number of carbonyl (C=O) groups excluding carboxylic acids is 3. The van der Waals surface area contributed by atoms with Crippen LogP contribution in [0.15, 0.2) is 24.3 Å². The molecule has 0 spiro atoms. The minimum absolute atomic E-state index is 0.187. The van der Waals surface area contributed by atoms with Gasteiger partial charge in [-0.3, -0.25) is 9.59 Å². The highest BCUT2D eigenvalue weighted by molar-refractivity contribution is 7.99. The van der Waals surface area contributed by atoms with Crippen molar-refractivity contribution in [1.29, 1.82) is 0 Å². The number of amides is 2. The number of thioether (sulfide) groups is 1. The maximum absolute atomic E-state index is 12.2. The number of rotatable bonds is 4. The van der Waals surface area contributed by atoms with Crippen molar-refractivity contribution in [3.8, 4) is 5.75 Å². The zero-order valence-corrected chi connectivity index (χ0v) is 14.3. The zero-order valence-electron chi connectivity index (χ0n) is 13.4. The van der Waals surface area contributed by atoms with E-state index in [4.69, 9.17) is 4.74 Å². The number of carbonyl (C=O) groups is 3. The molecule has 1 saturated heterocycles. The van der Waals surface area contributed by atoms with Gasteiger partial charge in [-0.1, -0.05) is 0 Å². The van der Waals surface area contributed by atoms with Crippen LogP contribution in [-0.4, -0.2) is 61.0 Å². The number of esters is 1. The smallest absolute Gasteiger partial charge is 0.343 e. The third kappa shape index (κ3) is 5.45. The number of nitrogens with one attached hydrogen (secondary N) is 1. The first kappa shape index (κ1) is 18.1. The summed E-state index contributed by atoms with van der Waals surface area (Å²) in [6.45, 7) is 1.02. The van der Waals surface area contributed by atoms with Crippen molar-refractivity contribution in [2.75, 3.05) is 43.6 Å². The minimum Gasteiger partial charge on any atom is -0.482 e. The van der Waals surface area contributed by atoms with Crippen LogP contribution in [0.3, 0.4) is 0 Å². The molecule has 0 atom stereocenters. The number of hydrogen-bond acceptors (Lipinski definition) is 6. The molecule has 2 amide bonds. The predicted octanol–water partition coefficient (Wildman–Crippen LogP) is 1.14. The summed E-state index contributed by atoms with van der Waals surface area (Å²) < 4.78 is 9.69. The molecule has 0 saturated carbocycles. The molecule has 0 radical (unpaired) electrons. The fourth-order valence-electron chi connectivity index (χ4n) is 2.11. The van der Waals surface area contributed by atoms with E-state index in [0.29, 0.717) is 24.5 Å². The normalized spacial score (nSPS) is 14.5. The molecule has 1 aromatic carbocycles. The van der Waals surface area contributed by atoms with Crippen LogP contribution >= 0.6 is 11.8 Å². The Morgan fingerprint density at radius 1 is 1.17 bits per heavy atom. The van der Waals surface area contributed by atoms with E-state index >= 15 is 0 Å². The molecule has 1 aromatic rings. The van der Waals surface area contributed by atoms with Crippen molar-refractivity contribution < 1.29 is 23.9 Å². The summed E-state index contributed by atoms with van der Waals surface area (Å²) >= 11 is 1.79. The van der Waals surface area contributed by atoms with Crippen LogP contribution in [-0.2, 0) is 19.1 Å². The van der Waals surface area contributed by atoms with Crippen LogP contribution in [0.1, 0.15) is 6.42 Å². The molecule has 130 valence electrons. The Hall–Kier alpha value is -2.22. The van der Waals surface area contributed by atoms with Gasteiger partial charge in [-0.2, -0.15) is 11.8 Å². The Balaban J connectivity index is 1.86. The number of nitrogens with zero attached hydrogens (tertiary/aromatic N) is 1. The van der Waals surface area contributed by atoms with Gasteiger partial charge in [-0.25, -0.2) is 4.79 Å². The molecular weight excluding hydrogens is 332 g/mol. The number of anilines is 1. The number of ether oxygens (including phenoxy) is 2. The monoisotopic (exact) mass is 352 g/mol. The SMILES string of the molecule is COC(=O)COc1ccc(NC(=O)C(=O)N2CCCSCC2)cc1. The van der Waals surface area contributed by atoms with Gasteiger partial charge >= 0.3 is 17.8 Å². The number of benzene rings is 1. The molecule has 7 nitrogen and oxygen atoms in total. The summed E-state index contributed by atoms with van der Waals surface area (Å²) in [5.41, 5.74) is 0.489. The van der Waals surface area contributed by atoms with Gasteiger partial charge in [0.05, 0.1) is 7.11 Å². The average Bonchev–Trinajstić information content (AvgIpc) is 2.89.